The second-order valence-corrected chi connectivity index (χ2v) is 4.09. The number of hydrogen-bond donors (Lipinski definition) is 0. The highest BCUT2D eigenvalue weighted by molar-refractivity contribution is 9.10. The highest BCUT2D eigenvalue weighted by atomic mass is 79.9. The van der Waals surface area contributed by atoms with Crippen LogP contribution in [-0.4, -0.2) is 0 Å². The standard InChI is InChI=1S/C11H11BrFN/c1-7-9(4-3-5-14)6-10(12)8(2)11(7)13/h6H,3-4H2,1-2H3. The van der Waals surface area contributed by atoms with Crippen LogP contribution in [0.3, 0.4) is 0 Å². The molecule has 0 saturated heterocycles. The van der Waals surface area contributed by atoms with Crippen LogP contribution in [0, 0.1) is 31.0 Å². The summed E-state index contributed by atoms with van der Waals surface area (Å²) in [6, 6.07) is 3.95. The molecule has 3 heteroatoms. The third-order valence-electron chi connectivity index (χ3n) is 2.31. The Kier molecular flexibility index (Phi) is 3.65. The van der Waals surface area contributed by atoms with Crippen molar-refractivity contribution < 1.29 is 4.39 Å². The van der Waals surface area contributed by atoms with Crippen molar-refractivity contribution in [3.8, 4) is 6.07 Å². The van der Waals surface area contributed by atoms with E-state index in [1.807, 2.05) is 6.07 Å². The molecule has 0 aliphatic carbocycles. The fourth-order valence-corrected chi connectivity index (χ4v) is 1.80. The molecular weight excluding hydrogens is 245 g/mol. The predicted octanol–water partition coefficient (Wildman–Crippen LogP) is 3.66. The second kappa shape index (κ2) is 4.56. The zero-order valence-corrected chi connectivity index (χ0v) is 9.78. The van der Waals surface area contributed by atoms with Crippen molar-refractivity contribution >= 4 is 15.9 Å². The Bertz CT molecular complexity index is 393. The highest BCUT2D eigenvalue weighted by Crippen LogP contribution is 2.25. The van der Waals surface area contributed by atoms with Crippen molar-refractivity contribution in [1.82, 2.24) is 0 Å². The van der Waals surface area contributed by atoms with Gasteiger partial charge in [-0.05, 0) is 43.0 Å². The summed E-state index contributed by atoms with van der Waals surface area (Å²) in [5, 5.41) is 8.46. The molecule has 0 atom stereocenters. The molecule has 1 aromatic carbocycles. The fraction of sp³-hybridized carbons (Fsp3) is 0.364. The minimum absolute atomic E-state index is 0.174. The van der Waals surface area contributed by atoms with Gasteiger partial charge < -0.3 is 0 Å². The smallest absolute Gasteiger partial charge is 0.130 e. The third-order valence-corrected chi connectivity index (χ3v) is 3.13. The maximum atomic E-state index is 13.6. The molecule has 0 fully saturated rings. The van der Waals surface area contributed by atoms with E-state index in [9.17, 15) is 4.39 Å². The van der Waals surface area contributed by atoms with Gasteiger partial charge in [0.2, 0.25) is 0 Å². The van der Waals surface area contributed by atoms with Gasteiger partial charge in [-0.1, -0.05) is 15.9 Å². The normalized spacial score (nSPS) is 9.93. The molecule has 1 aromatic rings. The molecule has 0 amide bonds. The van der Waals surface area contributed by atoms with Crippen LogP contribution in [0.1, 0.15) is 23.1 Å². The van der Waals surface area contributed by atoms with Crippen LogP contribution in [0.2, 0.25) is 0 Å². The zero-order valence-electron chi connectivity index (χ0n) is 8.19. The summed E-state index contributed by atoms with van der Waals surface area (Å²) in [4.78, 5) is 0. The van der Waals surface area contributed by atoms with E-state index in [1.165, 1.54) is 0 Å². The Balaban J connectivity index is 3.14. The highest BCUT2D eigenvalue weighted by Gasteiger charge is 2.10. The van der Waals surface area contributed by atoms with Gasteiger partial charge in [0.25, 0.3) is 0 Å². The predicted molar refractivity (Wildman–Crippen MR) is 57.5 cm³/mol. The van der Waals surface area contributed by atoms with E-state index < -0.39 is 0 Å². The lowest BCUT2D eigenvalue weighted by atomic mass is 10.0. The van der Waals surface area contributed by atoms with Crippen molar-refractivity contribution in [1.29, 1.82) is 5.26 Å². The summed E-state index contributed by atoms with van der Waals surface area (Å²) in [7, 11) is 0. The van der Waals surface area contributed by atoms with Gasteiger partial charge in [0.1, 0.15) is 5.82 Å². The number of nitriles is 1. The SMILES string of the molecule is Cc1c(Br)cc(CCC#N)c(C)c1F. The molecule has 0 spiro atoms. The van der Waals surface area contributed by atoms with E-state index in [0.717, 1.165) is 10.0 Å². The van der Waals surface area contributed by atoms with Gasteiger partial charge in [-0.2, -0.15) is 5.26 Å². The van der Waals surface area contributed by atoms with E-state index in [-0.39, 0.29) is 5.82 Å². The first kappa shape index (κ1) is 11.2. The lowest BCUT2D eigenvalue weighted by Gasteiger charge is -2.09. The quantitative estimate of drug-likeness (QED) is 0.792. The molecule has 1 nitrogen and oxygen atoms in total. The van der Waals surface area contributed by atoms with E-state index in [4.69, 9.17) is 5.26 Å². The maximum Gasteiger partial charge on any atom is 0.130 e. The van der Waals surface area contributed by atoms with Crippen molar-refractivity contribution in [3.63, 3.8) is 0 Å². The Morgan fingerprint density at radius 1 is 1.43 bits per heavy atom. The lowest BCUT2D eigenvalue weighted by molar-refractivity contribution is 0.604. The molecule has 0 heterocycles. The van der Waals surface area contributed by atoms with Gasteiger partial charge in [0.15, 0.2) is 0 Å². The summed E-state index contributed by atoms with van der Waals surface area (Å²) >= 11 is 3.30. The van der Waals surface area contributed by atoms with Gasteiger partial charge in [0.05, 0.1) is 6.07 Å². The van der Waals surface area contributed by atoms with Crippen molar-refractivity contribution in [3.05, 3.63) is 33.0 Å². The molecule has 0 unspecified atom stereocenters. The first-order chi connectivity index (χ1) is 6.57. The second-order valence-electron chi connectivity index (χ2n) is 3.24. The maximum absolute atomic E-state index is 13.6. The largest absolute Gasteiger partial charge is 0.206 e. The van der Waals surface area contributed by atoms with Gasteiger partial charge in [-0.15, -0.1) is 0 Å². The molecule has 14 heavy (non-hydrogen) atoms. The number of hydrogen-bond acceptors (Lipinski definition) is 1. The molecule has 0 aliphatic rings. The average Bonchev–Trinajstić information content (AvgIpc) is 2.18. The van der Waals surface area contributed by atoms with Crippen LogP contribution in [-0.2, 0) is 6.42 Å². The topological polar surface area (TPSA) is 23.8 Å². The van der Waals surface area contributed by atoms with Crippen molar-refractivity contribution in [2.24, 2.45) is 0 Å². The van der Waals surface area contributed by atoms with Crippen molar-refractivity contribution in [2.75, 3.05) is 0 Å². The first-order valence-electron chi connectivity index (χ1n) is 4.39. The number of rotatable bonds is 2. The van der Waals surface area contributed by atoms with E-state index >= 15 is 0 Å². The molecule has 0 bridgehead atoms. The number of aryl methyl sites for hydroxylation is 1. The van der Waals surface area contributed by atoms with Crippen LogP contribution in [0.15, 0.2) is 10.5 Å². The summed E-state index contributed by atoms with van der Waals surface area (Å²) in [6.45, 7) is 3.49. The Morgan fingerprint density at radius 2 is 2.07 bits per heavy atom. The molecule has 74 valence electrons. The monoisotopic (exact) mass is 255 g/mol. The Labute approximate surface area is 91.7 Å². The molecule has 0 radical (unpaired) electrons. The van der Waals surface area contributed by atoms with Crippen LogP contribution >= 0.6 is 15.9 Å². The number of benzene rings is 1. The summed E-state index contributed by atoms with van der Waals surface area (Å²) in [5.74, 6) is -0.174. The van der Waals surface area contributed by atoms with Crippen LogP contribution in [0.25, 0.3) is 0 Å². The molecule has 0 saturated carbocycles. The van der Waals surface area contributed by atoms with Gasteiger partial charge >= 0.3 is 0 Å². The molecular formula is C11H11BrFN. The number of halogens is 2. The van der Waals surface area contributed by atoms with E-state index in [1.54, 1.807) is 13.8 Å². The summed E-state index contributed by atoms with van der Waals surface area (Å²) in [6.07, 6.45) is 1.04. The van der Waals surface area contributed by atoms with E-state index in [0.29, 0.717) is 24.0 Å². The zero-order chi connectivity index (χ0) is 10.7. The average molecular weight is 256 g/mol. The van der Waals surface area contributed by atoms with Gasteiger partial charge in [-0.25, -0.2) is 4.39 Å². The Morgan fingerprint density at radius 3 is 2.64 bits per heavy atom. The summed E-state index contributed by atoms with van der Waals surface area (Å²) < 4.78 is 14.3. The van der Waals surface area contributed by atoms with E-state index in [2.05, 4.69) is 22.0 Å². The van der Waals surface area contributed by atoms with Crippen molar-refractivity contribution in [2.45, 2.75) is 26.7 Å². The van der Waals surface area contributed by atoms with Crippen LogP contribution in [0.5, 0.6) is 0 Å². The summed E-state index contributed by atoms with van der Waals surface area (Å²) in [5.41, 5.74) is 2.19. The van der Waals surface area contributed by atoms with Gasteiger partial charge in [0, 0.05) is 10.9 Å². The number of nitrogens with zero attached hydrogens (tertiary/aromatic N) is 1. The molecule has 0 aromatic heterocycles. The minimum atomic E-state index is -0.174. The van der Waals surface area contributed by atoms with Crippen LogP contribution < -0.4 is 0 Å². The minimum Gasteiger partial charge on any atom is -0.206 e. The van der Waals surface area contributed by atoms with Gasteiger partial charge in [-0.3, -0.25) is 0 Å². The third kappa shape index (κ3) is 2.13. The first-order valence-corrected chi connectivity index (χ1v) is 5.18. The Hall–Kier alpha value is -0.880. The molecule has 0 aliphatic heterocycles. The van der Waals surface area contributed by atoms with Crippen LogP contribution in [0.4, 0.5) is 4.39 Å². The fourth-order valence-electron chi connectivity index (χ4n) is 1.35. The molecule has 1 rings (SSSR count). The lowest BCUT2D eigenvalue weighted by Crippen LogP contribution is -1.97. The molecule has 0 N–H and O–H groups in total.